The lowest BCUT2D eigenvalue weighted by atomic mass is 10.3. The average Bonchev–Trinajstić information content (AvgIpc) is 2.37. The van der Waals surface area contributed by atoms with Crippen LogP contribution in [0.3, 0.4) is 0 Å². The van der Waals surface area contributed by atoms with Gasteiger partial charge < -0.3 is 0 Å². The van der Waals surface area contributed by atoms with Gasteiger partial charge in [-0.05, 0) is 24.6 Å². The molecule has 0 N–H and O–H groups in total. The minimum atomic E-state index is -4.12. The van der Waals surface area contributed by atoms with Crippen LogP contribution < -0.4 is 0 Å². The zero-order valence-corrected chi connectivity index (χ0v) is 13.7. The van der Waals surface area contributed by atoms with Gasteiger partial charge >= 0.3 is 0 Å². The normalized spacial score (nSPS) is 12.6. The van der Waals surface area contributed by atoms with E-state index in [1.165, 1.54) is 6.08 Å². The highest BCUT2D eigenvalue weighted by Crippen LogP contribution is 2.24. The molecule has 118 valence electrons. The van der Waals surface area contributed by atoms with E-state index in [2.05, 4.69) is 6.58 Å². The number of hydrogen-bond donors (Lipinski definition) is 0. The summed E-state index contributed by atoms with van der Waals surface area (Å²) in [6.07, 6.45) is 1.94. The maximum absolute atomic E-state index is 14.0. The van der Waals surface area contributed by atoms with Crippen LogP contribution in [0.2, 0.25) is 0 Å². The predicted molar refractivity (Wildman–Crippen MR) is 78.7 cm³/mol. The summed E-state index contributed by atoms with van der Waals surface area (Å²) in [5.74, 6) is -1.16. The van der Waals surface area contributed by atoms with E-state index in [9.17, 15) is 21.2 Å². The molecular weight excluding hydrogens is 341 g/mol. The molecule has 0 saturated carbocycles. The van der Waals surface area contributed by atoms with Crippen molar-refractivity contribution in [2.75, 3.05) is 13.1 Å². The highest BCUT2D eigenvalue weighted by molar-refractivity contribution is 8.13. The molecule has 0 bridgehead atoms. The maximum atomic E-state index is 14.0. The molecule has 0 radical (unpaired) electrons. The first kappa shape index (κ1) is 18.1. The number of hydrogen-bond acceptors (Lipinski definition) is 4. The van der Waals surface area contributed by atoms with Gasteiger partial charge in [-0.1, -0.05) is 13.0 Å². The van der Waals surface area contributed by atoms with Gasteiger partial charge in [0.25, 0.3) is 9.05 Å². The highest BCUT2D eigenvalue weighted by Gasteiger charge is 2.27. The Kier molecular flexibility index (Phi) is 5.92. The summed E-state index contributed by atoms with van der Waals surface area (Å²) in [6.45, 7) is 5.48. The molecule has 0 unspecified atom stereocenters. The van der Waals surface area contributed by atoms with Crippen molar-refractivity contribution in [1.82, 2.24) is 4.31 Å². The number of rotatable bonds is 7. The van der Waals surface area contributed by atoms with Gasteiger partial charge in [0.1, 0.15) is 10.7 Å². The minimum Gasteiger partial charge on any atom is -0.207 e. The van der Waals surface area contributed by atoms with Gasteiger partial charge in [-0.15, -0.1) is 6.58 Å². The Balaban J connectivity index is 3.35. The molecule has 1 aromatic carbocycles. The van der Waals surface area contributed by atoms with Crippen LogP contribution in [0, 0.1) is 5.82 Å². The van der Waals surface area contributed by atoms with Crippen LogP contribution in [0.1, 0.15) is 13.3 Å². The van der Waals surface area contributed by atoms with E-state index >= 15 is 0 Å². The molecule has 0 aliphatic carbocycles. The van der Waals surface area contributed by atoms with Crippen LogP contribution in [0.25, 0.3) is 0 Å². The maximum Gasteiger partial charge on any atom is 0.261 e. The van der Waals surface area contributed by atoms with Crippen molar-refractivity contribution in [3.8, 4) is 0 Å². The van der Waals surface area contributed by atoms with Crippen LogP contribution in [0.15, 0.2) is 40.6 Å². The zero-order valence-electron chi connectivity index (χ0n) is 11.3. The smallest absolute Gasteiger partial charge is 0.207 e. The van der Waals surface area contributed by atoms with Crippen molar-refractivity contribution in [1.29, 1.82) is 0 Å². The first-order chi connectivity index (χ1) is 9.64. The predicted octanol–water partition coefficient (Wildman–Crippen LogP) is 2.34. The van der Waals surface area contributed by atoms with Crippen molar-refractivity contribution < 1.29 is 21.2 Å². The molecule has 0 aliphatic heterocycles. The second-order valence-electron chi connectivity index (χ2n) is 4.18. The third-order valence-electron chi connectivity index (χ3n) is 2.61. The van der Waals surface area contributed by atoms with Gasteiger partial charge in [-0.25, -0.2) is 21.2 Å². The molecule has 0 fully saturated rings. The van der Waals surface area contributed by atoms with E-state index in [1.54, 1.807) is 6.92 Å². The second kappa shape index (κ2) is 6.87. The summed E-state index contributed by atoms with van der Waals surface area (Å²) in [5.41, 5.74) is 0. The molecule has 0 aliphatic rings. The molecule has 0 heterocycles. The summed E-state index contributed by atoms with van der Waals surface area (Å²) in [7, 11) is -3.10. The minimum absolute atomic E-state index is 0.0329. The Morgan fingerprint density at radius 3 is 2.38 bits per heavy atom. The number of sulfonamides is 1. The lowest BCUT2D eigenvalue weighted by Gasteiger charge is -2.20. The van der Waals surface area contributed by atoms with Crippen LogP contribution in [0.5, 0.6) is 0 Å². The molecule has 0 amide bonds. The van der Waals surface area contributed by atoms with E-state index < -0.39 is 34.7 Å². The largest absolute Gasteiger partial charge is 0.261 e. The molecule has 0 aromatic heterocycles. The van der Waals surface area contributed by atoms with Crippen molar-refractivity contribution >= 4 is 29.8 Å². The van der Waals surface area contributed by atoms with Gasteiger partial charge in [0, 0.05) is 23.8 Å². The average molecular weight is 356 g/mol. The first-order valence-corrected chi connectivity index (χ1v) is 9.74. The highest BCUT2D eigenvalue weighted by atomic mass is 35.7. The Morgan fingerprint density at radius 1 is 1.33 bits per heavy atom. The van der Waals surface area contributed by atoms with Gasteiger partial charge in [-0.3, -0.25) is 0 Å². The van der Waals surface area contributed by atoms with Gasteiger partial charge in [-0.2, -0.15) is 4.31 Å². The molecule has 0 saturated heterocycles. The van der Waals surface area contributed by atoms with Gasteiger partial charge in [0.2, 0.25) is 10.0 Å². The van der Waals surface area contributed by atoms with Crippen LogP contribution >= 0.6 is 10.7 Å². The van der Waals surface area contributed by atoms with E-state index in [4.69, 9.17) is 10.7 Å². The molecular formula is C12H15ClFNO4S2. The molecule has 1 rings (SSSR count). The number of benzene rings is 1. The molecule has 9 heteroatoms. The Bertz CT molecular complexity index is 732. The lowest BCUT2D eigenvalue weighted by Crippen LogP contribution is -2.32. The molecule has 5 nitrogen and oxygen atoms in total. The Labute approximate surface area is 128 Å². The summed E-state index contributed by atoms with van der Waals surface area (Å²) < 4.78 is 61.9. The van der Waals surface area contributed by atoms with Crippen LogP contribution in [0.4, 0.5) is 4.39 Å². The monoisotopic (exact) mass is 355 g/mol. The summed E-state index contributed by atoms with van der Waals surface area (Å²) in [5, 5.41) is 0. The molecule has 1 aromatic rings. The summed E-state index contributed by atoms with van der Waals surface area (Å²) >= 11 is 0. The van der Waals surface area contributed by atoms with E-state index in [0.29, 0.717) is 12.5 Å². The quantitative estimate of drug-likeness (QED) is 0.556. The van der Waals surface area contributed by atoms with Crippen LogP contribution in [-0.4, -0.2) is 34.2 Å². The molecule has 0 atom stereocenters. The topological polar surface area (TPSA) is 71.5 Å². The standard InChI is InChI=1S/C12H15ClFNO4S2/c1-3-7-15(8-4-2)21(18,19)12-6-5-10(9-11(12)14)20(13,16)17/h3,5-6,9H,1,4,7-8H2,2H3. The molecule has 21 heavy (non-hydrogen) atoms. The number of halogens is 2. The van der Waals surface area contributed by atoms with E-state index in [-0.39, 0.29) is 13.1 Å². The fraction of sp³-hybridized carbons (Fsp3) is 0.333. The Hall–Kier alpha value is -0.960. The van der Waals surface area contributed by atoms with Gasteiger partial charge in [0.15, 0.2) is 0 Å². The number of nitrogens with zero attached hydrogens (tertiary/aromatic N) is 1. The van der Waals surface area contributed by atoms with E-state index in [1.807, 2.05) is 0 Å². The third kappa shape index (κ3) is 4.26. The Morgan fingerprint density at radius 2 is 1.95 bits per heavy atom. The molecule has 0 spiro atoms. The lowest BCUT2D eigenvalue weighted by molar-refractivity contribution is 0.436. The zero-order chi connectivity index (χ0) is 16.3. The fourth-order valence-corrected chi connectivity index (χ4v) is 4.00. The van der Waals surface area contributed by atoms with Crippen molar-refractivity contribution in [2.24, 2.45) is 0 Å². The van der Waals surface area contributed by atoms with Crippen molar-refractivity contribution in [3.63, 3.8) is 0 Å². The van der Waals surface area contributed by atoms with Gasteiger partial charge in [0.05, 0.1) is 4.90 Å². The van der Waals surface area contributed by atoms with E-state index in [0.717, 1.165) is 16.4 Å². The van der Waals surface area contributed by atoms with Crippen molar-refractivity contribution in [3.05, 3.63) is 36.7 Å². The first-order valence-electron chi connectivity index (χ1n) is 5.99. The SMILES string of the molecule is C=CCN(CCC)S(=O)(=O)c1ccc(S(=O)(=O)Cl)cc1F. The van der Waals surface area contributed by atoms with Crippen molar-refractivity contribution in [2.45, 2.75) is 23.1 Å². The van der Waals surface area contributed by atoms with Crippen LogP contribution in [-0.2, 0) is 19.1 Å². The second-order valence-corrected chi connectivity index (χ2v) is 8.65. The summed E-state index contributed by atoms with van der Waals surface area (Å²) in [4.78, 5) is -1.09. The fourth-order valence-electron chi connectivity index (χ4n) is 1.68. The third-order valence-corrected chi connectivity index (χ3v) is 5.86. The summed E-state index contributed by atoms with van der Waals surface area (Å²) in [6, 6.07) is 2.44.